The number of carbonyl (C=O) groups is 3. The highest BCUT2D eigenvalue weighted by Gasteiger charge is 2.37. The van der Waals surface area contributed by atoms with Gasteiger partial charge in [0.25, 0.3) is 11.8 Å². The molecule has 3 aromatic rings. The number of benzene rings is 2. The van der Waals surface area contributed by atoms with Crippen LogP contribution in [0.2, 0.25) is 10.0 Å². The fourth-order valence-corrected chi connectivity index (χ4v) is 4.15. The molecule has 0 atom stereocenters. The molecule has 2 heterocycles. The summed E-state index contributed by atoms with van der Waals surface area (Å²) in [5.74, 6) is -1.44. The van der Waals surface area contributed by atoms with Crippen LogP contribution in [0.15, 0.2) is 58.6 Å². The van der Waals surface area contributed by atoms with Crippen molar-refractivity contribution in [3.8, 4) is 5.69 Å². The second-order valence-electron chi connectivity index (χ2n) is 7.19. The van der Waals surface area contributed by atoms with Crippen LogP contribution in [0.1, 0.15) is 17.0 Å². The third kappa shape index (κ3) is 3.99. The van der Waals surface area contributed by atoms with Gasteiger partial charge in [-0.25, -0.2) is 9.69 Å². The summed E-state index contributed by atoms with van der Waals surface area (Å²) in [6.45, 7) is 3.77. The maximum Gasteiger partial charge on any atom is 0.335 e. The van der Waals surface area contributed by atoms with Gasteiger partial charge in [-0.1, -0.05) is 39.1 Å². The van der Waals surface area contributed by atoms with E-state index in [-0.39, 0.29) is 5.57 Å². The summed E-state index contributed by atoms with van der Waals surface area (Å²) in [6, 6.07) is 13.0. The summed E-state index contributed by atoms with van der Waals surface area (Å²) in [5.41, 5.74) is 3.35. The van der Waals surface area contributed by atoms with Crippen LogP contribution >= 0.6 is 39.1 Å². The van der Waals surface area contributed by atoms with E-state index in [9.17, 15) is 14.4 Å². The molecule has 1 aromatic heterocycles. The van der Waals surface area contributed by atoms with Crippen LogP contribution in [-0.2, 0) is 9.59 Å². The topological polar surface area (TPSA) is 71.4 Å². The molecule has 32 heavy (non-hydrogen) atoms. The lowest BCUT2D eigenvalue weighted by Gasteiger charge is -2.26. The number of halogens is 3. The number of nitrogens with zero attached hydrogens (tertiary/aromatic N) is 2. The van der Waals surface area contributed by atoms with Crippen LogP contribution < -0.4 is 10.2 Å². The van der Waals surface area contributed by atoms with Crippen molar-refractivity contribution in [1.29, 1.82) is 0 Å². The van der Waals surface area contributed by atoms with Crippen molar-refractivity contribution >= 4 is 68.7 Å². The largest absolute Gasteiger partial charge is 0.335 e. The molecule has 4 rings (SSSR count). The fourth-order valence-electron chi connectivity index (χ4n) is 3.59. The Morgan fingerprint density at radius 3 is 2.22 bits per heavy atom. The van der Waals surface area contributed by atoms with E-state index in [0.29, 0.717) is 21.3 Å². The van der Waals surface area contributed by atoms with Crippen molar-refractivity contribution in [3.63, 3.8) is 0 Å². The van der Waals surface area contributed by atoms with E-state index in [1.54, 1.807) is 36.4 Å². The van der Waals surface area contributed by atoms with Gasteiger partial charge in [0, 0.05) is 21.5 Å². The first kappa shape index (κ1) is 22.3. The maximum absolute atomic E-state index is 13.1. The van der Waals surface area contributed by atoms with Gasteiger partial charge in [0.15, 0.2) is 0 Å². The minimum absolute atomic E-state index is 0.137. The monoisotopic (exact) mass is 531 g/mol. The molecule has 1 saturated heterocycles. The average molecular weight is 533 g/mol. The second-order valence-corrected chi connectivity index (χ2v) is 8.92. The molecular weight excluding hydrogens is 517 g/mol. The van der Waals surface area contributed by atoms with Gasteiger partial charge in [0.05, 0.1) is 15.7 Å². The fraction of sp³-hybridized carbons (Fsp3) is 0.0870. The van der Waals surface area contributed by atoms with Gasteiger partial charge in [0.2, 0.25) is 0 Å². The first-order valence-corrected chi connectivity index (χ1v) is 11.0. The molecule has 0 unspecified atom stereocenters. The first-order chi connectivity index (χ1) is 15.2. The number of hydrogen-bond donors (Lipinski definition) is 1. The van der Waals surface area contributed by atoms with E-state index >= 15 is 0 Å². The van der Waals surface area contributed by atoms with E-state index in [4.69, 9.17) is 23.2 Å². The van der Waals surface area contributed by atoms with Gasteiger partial charge < -0.3 is 4.57 Å². The number of nitrogens with one attached hydrogen (secondary N) is 1. The van der Waals surface area contributed by atoms with Crippen LogP contribution in [0.5, 0.6) is 0 Å². The quantitative estimate of drug-likeness (QED) is 0.341. The Morgan fingerprint density at radius 2 is 1.56 bits per heavy atom. The smallest absolute Gasteiger partial charge is 0.318 e. The van der Waals surface area contributed by atoms with Crippen molar-refractivity contribution < 1.29 is 14.4 Å². The minimum atomic E-state index is -0.791. The number of aromatic nitrogens is 1. The van der Waals surface area contributed by atoms with Crippen LogP contribution in [0.25, 0.3) is 11.8 Å². The normalized spacial score (nSPS) is 15.5. The van der Waals surface area contributed by atoms with Crippen molar-refractivity contribution in [2.75, 3.05) is 4.90 Å². The SMILES string of the molecule is Cc1cc(/C=C2/C(=O)NC(=O)N(c3ccc(Br)cc3)C2=O)c(C)n1-c1ccc(Cl)c(Cl)c1. The molecule has 1 N–H and O–H groups in total. The standard InChI is InChI=1S/C23H16BrCl2N3O3/c1-12-9-14(13(2)28(12)17-7-8-19(25)20(26)11-17)10-18-21(30)27-23(32)29(22(18)31)16-5-3-15(24)4-6-16/h3-11H,1-2H3,(H,27,30,32)/b18-10-. The van der Waals surface area contributed by atoms with Gasteiger partial charge in [-0.05, 0) is 74.0 Å². The summed E-state index contributed by atoms with van der Waals surface area (Å²) in [5, 5.41) is 3.10. The summed E-state index contributed by atoms with van der Waals surface area (Å²) < 4.78 is 2.74. The van der Waals surface area contributed by atoms with Crippen LogP contribution in [-0.4, -0.2) is 22.4 Å². The maximum atomic E-state index is 13.1. The summed E-state index contributed by atoms with van der Waals surface area (Å²) >= 11 is 15.5. The molecule has 1 aliphatic heterocycles. The minimum Gasteiger partial charge on any atom is -0.318 e. The lowest BCUT2D eigenvalue weighted by Crippen LogP contribution is -2.54. The molecule has 1 fully saturated rings. The highest BCUT2D eigenvalue weighted by atomic mass is 79.9. The molecular formula is C23H16BrCl2N3O3. The van der Waals surface area contributed by atoms with Gasteiger partial charge in [0.1, 0.15) is 5.57 Å². The zero-order valence-corrected chi connectivity index (χ0v) is 20.0. The predicted molar refractivity (Wildman–Crippen MR) is 128 cm³/mol. The third-order valence-electron chi connectivity index (χ3n) is 5.12. The molecule has 0 radical (unpaired) electrons. The lowest BCUT2D eigenvalue weighted by atomic mass is 10.1. The molecule has 9 heteroatoms. The molecule has 0 aliphatic carbocycles. The number of aryl methyl sites for hydroxylation is 1. The van der Waals surface area contributed by atoms with E-state index in [2.05, 4.69) is 21.2 Å². The number of anilines is 1. The molecule has 1 aliphatic rings. The molecule has 2 aromatic carbocycles. The van der Waals surface area contributed by atoms with Gasteiger partial charge in [-0.3, -0.25) is 14.9 Å². The lowest BCUT2D eigenvalue weighted by molar-refractivity contribution is -0.122. The summed E-state index contributed by atoms with van der Waals surface area (Å²) in [4.78, 5) is 38.9. The van der Waals surface area contributed by atoms with Crippen molar-refractivity contribution in [2.45, 2.75) is 13.8 Å². The number of amides is 4. The highest BCUT2D eigenvalue weighted by Crippen LogP contribution is 2.29. The van der Waals surface area contributed by atoms with Crippen molar-refractivity contribution in [1.82, 2.24) is 9.88 Å². The Bertz CT molecular complexity index is 1310. The second kappa shape index (κ2) is 8.58. The number of carbonyl (C=O) groups excluding carboxylic acids is 3. The number of urea groups is 1. The zero-order chi connectivity index (χ0) is 23.2. The van der Waals surface area contributed by atoms with Crippen molar-refractivity contribution in [3.05, 3.63) is 85.6 Å². The average Bonchev–Trinajstić information content (AvgIpc) is 3.01. The molecule has 6 nitrogen and oxygen atoms in total. The van der Waals surface area contributed by atoms with E-state index in [1.807, 2.05) is 30.5 Å². The zero-order valence-electron chi connectivity index (χ0n) is 16.9. The first-order valence-electron chi connectivity index (χ1n) is 9.49. The molecule has 0 spiro atoms. The molecule has 0 saturated carbocycles. The Hall–Kier alpha value is -2.87. The number of barbiturate groups is 1. The molecule has 162 valence electrons. The number of hydrogen-bond acceptors (Lipinski definition) is 3. The van der Waals surface area contributed by atoms with Gasteiger partial charge >= 0.3 is 6.03 Å². The van der Waals surface area contributed by atoms with Crippen LogP contribution in [0.4, 0.5) is 10.5 Å². The Morgan fingerprint density at radius 1 is 0.906 bits per heavy atom. The van der Waals surface area contributed by atoms with Gasteiger partial charge in [-0.2, -0.15) is 0 Å². The van der Waals surface area contributed by atoms with Gasteiger partial charge in [-0.15, -0.1) is 0 Å². The van der Waals surface area contributed by atoms with E-state index in [1.165, 1.54) is 6.08 Å². The Labute approximate surface area is 202 Å². The number of rotatable bonds is 3. The third-order valence-corrected chi connectivity index (χ3v) is 6.39. The van der Waals surface area contributed by atoms with E-state index < -0.39 is 17.8 Å². The number of imide groups is 2. The Balaban J connectivity index is 1.76. The summed E-state index contributed by atoms with van der Waals surface area (Å²) in [7, 11) is 0. The molecule has 4 amide bonds. The predicted octanol–water partition coefficient (Wildman–Crippen LogP) is 5.83. The summed E-state index contributed by atoms with van der Waals surface area (Å²) in [6.07, 6.45) is 1.49. The van der Waals surface area contributed by atoms with Crippen LogP contribution in [0, 0.1) is 13.8 Å². The van der Waals surface area contributed by atoms with Crippen molar-refractivity contribution in [2.24, 2.45) is 0 Å². The highest BCUT2D eigenvalue weighted by molar-refractivity contribution is 9.10. The van der Waals surface area contributed by atoms with E-state index in [0.717, 1.165) is 26.4 Å². The molecule has 0 bridgehead atoms. The van der Waals surface area contributed by atoms with Crippen LogP contribution in [0.3, 0.4) is 0 Å². The Kier molecular flexibility index (Phi) is 5.99.